The Hall–Kier alpha value is -2.89. The summed E-state index contributed by atoms with van der Waals surface area (Å²) in [5.74, 6) is 0.743. The van der Waals surface area contributed by atoms with Crippen molar-refractivity contribution < 1.29 is 9.53 Å². The van der Waals surface area contributed by atoms with Gasteiger partial charge >= 0.3 is 0 Å². The summed E-state index contributed by atoms with van der Waals surface area (Å²) in [6, 6.07) is 8.88. The van der Waals surface area contributed by atoms with Gasteiger partial charge in [0.1, 0.15) is 11.6 Å². The maximum Gasteiger partial charge on any atom is 0.260 e. The zero-order chi connectivity index (χ0) is 15.5. The first-order valence-corrected chi connectivity index (χ1v) is 6.99. The summed E-state index contributed by atoms with van der Waals surface area (Å²) < 4.78 is 5.75. The van der Waals surface area contributed by atoms with Gasteiger partial charge < -0.3 is 10.1 Å². The van der Waals surface area contributed by atoms with Gasteiger partial charge in [0.05, 0.1) is 23.4 Å². The molecule has 0 aliphatic carbocycles. The van der Waals surface area contributed by atoms with Crippen LogP contribution in [0.2, 0.25) is 0 Å². The van der Waals surface area contributed by atoms with Gasteiger partial charge in [0.25, 0.3) is 5.91 Å². The highest BCUT2D eigenvalue weighted by atomic mass is 16.5. The van der Waals surface area contributed by atoms with E-state index in [2.05, 4.69) is 20.5 Å². The Morgan fingerprint density at radius 3 is 2.91 bits per heavy atom. The van der Waals surface area contributed by atoms with E-state index in [1.807, 2.05) is 19.9 Å². The molecule has 112 valence electrons. The van der Waals surface area contributed by atoms with Crippen LogP contribution in [0.15, 0.2) is 42.7 Å². The summed E-state index contributed by atoms with van der Waals surface area (Å²) in [5, 5.41) is 10.5. The number of carbonyl (C=O) groups excluding carboxylic acids is 1. The summed E-state index contributed by atoms with van der Waals surface area (Å²) >= 11 is 0. The first-order chi connectivity index (χ1) is 10.6. The number of aromatic nitrogens is 3. The quantitative estimate of drug-likeness (QED) is 0.775. The minimum absolute atomic E-state index is 0.0400. The largest absolute Gasteiger partial charge is 0.490 e. The number of anilines is 1. The summed E-state index contributed by atoms with van der Waals surface area (Å²) in [7, 11) is 0. The van der Waals surface area contributed by atoms with Crippen molar-refractivity contribution in [2.75, 3.05) is 5.32 Å². The number of carbonyl (C=O) groups is 1. The van der Waals surface area contributed by atoms with E-state index in [9.17, 15) is 4.79 Å². The van der Waals surface area contributed by atoms with Crippen LogP contribution < -0.4 is 10.1 Å². The fourth-order valence-corrected chi connectivity index (χ4v) is 2.12. The summed E-state index contributed by atoms with van der Waals surface area (Å²) in [6.07, 6.45) is 3.26. The molecule has 0 fully saturated rings. The molecule has 0 unspecified atom stereocenters. The molecule has 0 atom stereocenters. The lowest BCUT2D eigenvalue weighted by Crippen LogP contribution is -2.16. The van der Waals surface area contributed by atoms with Gasteiger partial charge in [-0.25, -0.2) is 4.98 Å². The van der Waals surface area contributed by atoms with E-state index in [1.165, 1.54) is 0 Å². The standard InChI is InChI=1S/C16H16N4O2/c1-10(2)22-14-8-13-11(9-18-20-13)7-12(14)16(21)19-15-5-3-4-6-17-15/h3-10H,1-2H3,(H,18,20)(H,17,19,21). The number of nitrogens with zero attached hydrogens (tertiary/aromatic N) is 2. The Bertz CT molecular complexity index is 796. The summed E-state index contributed by atoms with van der Waals surface area (Å²) in [5.41, 5.74) is 1.28. The van der Waals surface area contributed by atoms with Crippen LogP contribution in [0.3, 0.4) is 0 Å². The molecule has 1 amide bonds. The number of ether oxygens (including phenoxy) is 1. The van der Waals surface area contributed by atoms with Gasteiger partial charge in [-0.05, 0) is 32.0 Å². The number of nitrogens with one attached hydrogen (secondary N) is 2. The molecule has 0 aliphatic heterocycles. The van der Waals surface area contributed by atoms with E-state index in [4.69, 9.17) is 4.74 Å². The van der Waals surface area contributed by atoms with E-state index in [0.29, 0.717) is 17.1 Å². The van der Waals surface area contributed by atoms with Crippen molar-refractivity contribution in [1.29, 1.82) is 0 Å². The average molecular weight is 296 g/mol. The molecule has 3 rings (SSSR count). The normalized spacial score (nSPS) is 10.9. The molecule has 6 nitrogen and oxygen atoms in total. The Labute approximate surface area is 127 Å². The fourth-order valence-electron chi connectivity index (χ4n) is 2.12. The Kier molecular flexibility index (Phi) is 3.74. The lowest BCUT2D eigenvalue weighted by molar-refractivity contribution is 0.102. The van der Waals surface area contributed by atoms with Crippen LogP contribution in [0.5, 0.6) is 5.75 Å². The molecule has 0 aliphatic rings. The topological polar surface area (TPSA) is 79.9 Å². The smallest absolute Gasteiger partial charge is 0.260 e. The molecule has 2 N–H and O–H groups in total. The lowest BCUT2D eigenvalue weighted by Gasteiger charge is -2.14. The number of H-pyrrole nitrogens is 1. The Balaban J connectivity index is 1.98. The zero-order valence-corrected chi connectivity index (χ0v) is 12.3. The molecule has 0 bridgehead atoms. The third kappa shape index (κ3) is 2.90. The van der Waals surface area contributed by atoms with Crippen LogP contribution in [0.25, 0.3) is 10.9 Å². The lowest BCUT2D eigenvalue weighted by atomic mass is 10.1. The third-order valence-corrected chi connectivity index (χ3v) is 3.05. The number of aromatic amines is 1. The summed E-state index contributed by atoms with van der Waals surface area (Å²) in [6.45, 7) is 3.83. The van der Waals surface area contributed by atoms with Crippen molar-refractivity contribution in [3.05, 3.63) is 48.3 Å². The number of hydrogen-bond donors (Lipinski definition) is 2. The molecule has 2 aromatic heterocycles. The van der Waals surface area contributed by atoms with Crippen LogP contribution in [-0.2, 0) is 0 Å². The van der Waals surface area contributed by atoms with Crippen LogP contribution in [-0.4, -0.2) is 27.2 Å². The van der Waals surface area contributed by atoms with E-state index in [0.717, 1.165) is 10.9 Å². The maximum atomic E-state index is 12.5. The van der Waals surface area contributed by atoms with E-state index < -0.39 is 0 Å². The van der Waals surface area contributed by atoms with E-state index >= 15 is 0 Å². The predicted octanol–water partition coefficient (Wildman–Crippen LogP) is 3.00. The number of hydrogen-bond acceptors (Lipinski definition) is 4. The van der Waals surface area contributed by atoms with Crippen molar-refractivity contribution >= 4 is 22.6 Å². The summed E-state index contributed by atoms with van der Waals surface area (Å²) in [4.78, 5) is 16.6. The number of pyridine rings is 1. The molecule has 3 aromatic rings. The first-order valence-electron chi connectivity index (χ1n) is 6.99. The molecular weight excluding hydrogens is 280 g/mol. The second-order valence-electron chi connectivity index (χ2n) is 5.14. The first kappa shape index (κ1) is 14.1. The average Bonchev–Trinajstić information content (AvgIpc) is 2.94. The van der Waals surface area contributed by atoms with Crippen molar-refractivity contribution in [3.8, 4) is 5.75 Å². The second kappa shape index (κ2) is 5.85. The fraction of sp³-hybridized carbons (Fsp3) is 0.188. The van der Waals surface area contributed by atoms with Gasteiger partial charge in [-0.15, -0.1) is 0 Å². The maximum absolute atomic E-state index is 12.5. The highest BCUT2D eigenvalue weighted by Gasteiger charge is 2.16. The molecule has 0 radical (unpaired) electrons. The minimum atomic E-state index is -0.266. The molecule has 2 heterocycles. The number of amides is 1. The molecule has 6 heteroatoms. The Morgan fingerprint density at radius 1 is 1.32 bits per heavy atom. The van der Waals surface area contributed by atoms with E-state index in [1.54, 1.807) is 36.7 Å². The van der Waals surface area contributed by atoms with Crippen molar-refractivity contribution in [3.63, 3.8) is 0 Å². The van der Waals surface area contributed by atoms with Crippen molar-refractivity contribution in [2.45, 2.75) is 20.0 Å². The van der Waals surface area contributed by atoms with Gasteiger partial charge in [0.15, 0.2) is 0 Å². The monoisotopic (exact) mass is 296 g/mol. The number of benzene rings is 1. The van der Waals surface area contributed by atoms with Gasteiger partial charge in [0.2, 0.25) is 0 Å². The third-order valence-electron chi connectivity index (χ3n) is 3.05. The van der Waals surface area contributed by atoms with Gasteiger partial charge in [-0.2, -0.15) is 5.10 Å². The van der Waals surface area contributed by atoms with Crippen molar-refractivity contribution in [1.82, 2.24) is 15.2 Å². The number of fused-ring (bicyclic) bond motifs is 1. The van der Waals surface area contributed by atoms with Gasteiger partial charge in [-0.1, -0.05) is 6.07 Å². The highest BCUT2D eigenvalue weighted by molar-refractivity contribution is 6.08. The Morgan fingerprint density at radius 2 is 2.18 bits per heavy atom. The minimum Gasteiger partial charge on any atom is -0.490 e. The van der Waals surface area contributed by atoms with Crippen molar-refractivity contribution in [2.24, 2.45) is 0 Å². The van der Waals surface area contributed by atoms with Gasteiger partial charge in [-0.3, -0.25) is 9.89 Å². The molecule has 22 heavy (non-hydrogen) atoms. The SMILES string of the molecule is CC(C)Oc1cc2[nH]ncc2cc1C(=O)Nc1ccccn1. The van der Waals surface area contributed by atoms with Gasteiger partial charge in [0, 0.05) is 17.6 Å². The molecule has 1 aromatic carbocycles. The molecule has 0 saturated heterocycles. The highest BCUT2D eigenvalue weighted by Crippen LogP contribution is 2.26. The number of rotatable bonds is 4. The predicted molar refractivity (Wildman–Crippen MR) is 84.0 cm³/mol. The van der Waals surface area contributed by atoms with Crippen LogP contribution >= 0.6 is 0 Å². The molecule has 0 saturated carbocycles. The second-order valence-corrected chi connectivity index (χ2v) is 5.14. The van der Waals surface area contributed by atoms with Crippen LogP contribution in [0.4, 0.5) is 5.82 Å². The van der Waals surface area contributed by atoms with Crippen LogP contribution in [0.1, 0.15) is 24.2 Å². The zero-order valence-electron chi connectivity index (χ0n) is 12.3. The van der Waals surface area contributed by atoms with E-state index in [-0.39, 0.29) is 12.0 Å². The van der Waals surface area contributed by atoms with Crippen LogP contribution in [0, 0.1) is 0 Å². The molecule has 0 spiro atoms. The molecular formula is C16H16N4O2.